The van der Waals surface area contributed by atoms with Gasteiger partial charge in [0.25, 0.3) is 0 Å². The molecule has 0 aliphatic carbocycles. The van der Waals surface area contributed by atoms with Crippen LogP contribution in [-0.4, -0.2) is 48.0 Å². The van der Waals surface area contributed by atoms with Crippen LogP contribution in [0, 0.1) is 0 Å². The van der Waals surface area contributed by atoms with E-state index < -0.39 is 23.7 Å². The van der Waals surface area contributed by atoms with E-state index >= 15 is 0 Å². The summed E-state index contributed by atoms with van der Waals surface area (Å²) in [6, 6.07) is -0.744. The van der Waals surface area contributed by atoms with Crippen molar-refractivity contribution in [2.45, 2.75) is 51.7 Å². The largest absolute Gasteiger partial charge is 0.467 e. The highest BCUT2D eigenvalue weighted by atomic mass is 16.6. The second kappa shape index (κ2) is 6.04. The van der Waals surface area contributed by atoms with Crippen LogP contribution >= 0.6 is 0 Å². The molecule has 19 heavy (non-hydrogen) atoms. The van der Waals surface area contributed by atoms with Crippen molar-refractivity contribution in [3.8, 4) is 0 Å². The van der Waals surface area contributed by atoms with Gasteiger partial charge in [-0.25, -0.2) is 9.59 Å². The molecular weight excluding hydrogens is 250 g/mol. The molecule has 0 saturated carbocycles. The number of hydrogen-bond acceptors (Lipinski definition) is 5. The van der Waals surface area contributed by atoms with E-state index in [0.29, 0.717) is 0 Å². The third-order valence-electron chi connectivity index (χ3n) is 2.81. The zero-order valence-corrected chi connectivity index (χ0v) is 11.9. The Morgan fingerprint density at radius 3 is 2.42 bits per heavy atom. The molecule has 0 N–H and O–H groups in total. The van der Waals surface area contributed by atoms with E-state index in [1.54, 1.807) is 20.8 Å². The van der Waals surface area contributed by atoms with Crippen LogP contribution < -0.4 is 0 Å². The van der Waals surface area contributed by atoms with E-state index in [1.807, 2.05) is 0 Å². The maximum atomic E-state index is 12.1. The number of carbonyl (C=O) groups excluding carboxylic acids is 3. The topological polar surface area (TPSA) is 72.9 Å². The summed E-state index contributed by atoms with van der Waals surface area (Å²) < 4.78 is 9.95. The normalized spacial score (nSPS) is 20.7. The average molecular weight is 271 g/mol. The van der Waals surface area contributed by atoms with Gasteiger partial charge in [-0.05, 0) is 27.2 Å². The molecule has 6 heteroatoms. The van der Waals surface area contributed by atoms with Crippen molar-refractivity contribution in [3.63, 3.8) is 0 Å². The molecule has 1 heterocycles. The molecule has 0 aromatic heterocycles. The Hall–Kier alpha value is -1.59. The highest BCUT2D eigenvalue weighted by Gasteiger charge is 2.35. The highest BCUT2D eigenvalue weighted by molar-refractivity contribution is 5.85. The summed E-state index contributed by atoms with van der Waals surface area (Å²) in [7, 11) is 1.27. The van der Waals surface area contributed by atoms with Crippen LogP contribution in [0.15, 0.2) is 0 Å². The second-order valence-corrected chi connectivity index (χ2v) is 5.54. The van der Waals surface area contributed by atoms with Gasteiger partial charge in [-0.1, -0.05) is 0 Å². The maximum Gasteiger partial charge on any atom is 0.411 e. The van der Waals surface area contributed by atoms with Crippen molar-refractivity contribution in [2.75, 3.05) is 13.7 Å². The zero-order valence-electron chi connectivity index (χ0n) is 11.9. The van der Waals surface area contributed by atoms with Crippen molar-refractivity contribution in [1.82, 2.24) is 4.90 Å². The lowest BCUT2D eigenvalue weighted by Crippen LogP contribution is -2.47. The smallest absolute Gasteiger partial charge is 0.411 e. The molecule has 0 unspecified atom stereocenters. The van der Waals surface area contributed by atoms with Gasteiger partial charge in [-0.2, -0.15) is 0 Å². The molecule has 1 saturated heterocycles. The Morgan fingerprint density at radius 2 is 1.89 bits per heavy atom. The van der Waals surface area contributed by atoms with Crippen LogP contribution in [-0.2, 0) is 19.1 Å². The quantitative estimate of drug-likeness (QED) is 0.676. The summed E-state index contributed by atoms with van der Waals surface area (Å²) in [5, 5.41) is 0. The molecule has 1 amide bonds. The van der Waals surface area contributed by atoms with Gasteiger partial charge >= 0.3 is 12.1 Å². The molecule has 1 aliphatic heterocycles. The molecule has 0 bridgehead atoms. The predicted octanol–water partition coefficient (Wildman–Crippen LogP) is 1.52. The summed E-state index contributed by atoms with van der Waals surface area (Å²) in [5.74, 6) is -0.472. The number of rotatable bonds is 1. The molecule has 0 spiro atoms. The van der Waals surface area contributed by atoms with Gasteiger partial charge in [0, 0.05) is 19.4 Å². The first-order chi connectivity index (χ1) is 8.74. The number of hydrogen-bond donors (Lipinski definition) is 0. The van der Waals surface area contributed by atoms with Crippen LogP contribution in [0.25, 0.3) is 0 Å². The lowest BCUT2D eigenvalue weighted by molar-refractivity contribution is -0.146. The Morgan fingerprint density at radius 1 is 1.26 bits per heavy atom. The molecule has 1 rings (SSSR count). The number of likely N-dealkylation sites (tertiary alicyclic amines) is 1. The first-order valence-corrected chi connectivity index (χ1v) is 6.34. The lowest BCUT2D eigenvalue weighted by atomic mass is 10.1. The third-order valence-corrected chi connectivity index (χ3v) is 2.81. The van der Waals surface area contributed by atoms with Gasteiger partial charge in [-0.15, -0.1) is 0 Å². The molecule has 108 valence electrons. The van der Waals surface area contributed by atoms with Gasteiger partial charge in [-0.3, -0.25) is 9.69 Å². The Labute approximate surface area is 113 Å². The number of nitrogens with zero attached hydrogens (tertiary/aromatic N) is 1. The second-order valence-electron chi connectivity index (χ2n) is 5.54. The third kappa shape index (κ3) is 4.54. The highest BCUT2D eigenvalue weighted by Crippen LogP contribution is 2.19. The number of Topliss-reactive ketones (excluding diaryl/α,β-unsaturated/α-hetero) is 1. The van der Waals surface area contributed by atoms with Gasteiger partial charge in [0.1, 0.15) is 17.4 Å². The lowest BCUT2D eigenvalue weighted by Gasteiger charge is -2.30. The van der Waals surface area contributed by atoms with Gasteiger partial charge in [0.2, 0.25) is 0 Å². The summed E-state index contributed by atoms with van der Waals surface area (Å²) in [5.41, 5.74) is -0.645. The Balaban J connectivity index is 2.87. The van der Waals surface area contributed by atoms with Crippen LogP contribution in [0.4, 0.5) is 4.79 Å². The van der Waals surface area contributed by atoms with E-state index in [2.05, 4.69) is 0 Å². The maximum absolute atomic E-state index is 12.1. The number of esters is 1. The minimum Gasteiger partial charge on any atom is -0.467 e. The number of methoxy groups -OCH3 is 1. The molecule has 1 fully saturated rings. The fraction of sp³-hybridized carbons (Fsp3) is 0.769. The Bertz CT molecular complexity index is 372. The number of ketones is 1. The van der Waals surface area contributed by atoms with Gasteiger partial charge in [0.05, 0.1) is 7.11 Å². The summed E-state index contributed by atoms with van der Waals surface area (Å²) >= 11 is 0. The van der Waals surface area contributed by atoms with Crippen molar-refractivity contribution >= 4 is 17.8 Å². The number of ether oxygens (including phenoxy) is 2. The summed E-state index contributed by atoms with van der Waals surface area (Å²) in [6.07, 6.45) is 0.217. The average Bonchev–Trinajstić information content (AvgIpc) is 2.48. The monoisotopic (exact) mass is 271 g/mol. The van der Waals surface area contributed by atoms with E-state index in [9.17, 15) is 14.4 Å². The zero-order chi connectivity index (χ0) is 14.6. The predicted molar refractivity (Wildman–Crippen MR) is 67.6 cm³/mol. The molecule has 1 atom stereocenters. The van der Waals surface area contributed by atoms with E-state index in [0.717, 1.165) is 0 Å². The first kappa shape index (κ1) is 15.5. The SMILES string of the molecule is COC(=O)[C@@H]1CCC(=O)CCN1C(=O)OC(C)(C)C. The molecule has 0 radical (unpaired) electrons. The molecule has 0 aromatic rings. The fourth-order valence-electron chi connectivity index (χ4n) is 1.90. The number of amides is 1. The van der Waals surface area contributed by atoms with Crippen molar-refractivity contribution in [3.05, 3.63) is 0 Å². The first-order valence-electron chi connectivity index (χ1n) is 6.34. The van der Waals surface area contributed by atoms with Crippen LogP contribution in [0.5, 0.6) is 0 Å². The molecule has 1 aliphatic rings. The Kier molecular flexibility index (Phi) is 4.91. The standard InChI is InChI=1S/C13H21NO5/c1-13(2,3)19-12(17)14-8-7-9(15)5-6-10(14)11(16)18-4/h10H,5-8H2,1-4H3/t10-/m0/s1. The summed E-state index contributed by atoms with van der Waals surface area (Å²) in [6.45, 7) is 5.44. The van der Waals surface area contributed by atoms with Crippen molar-refractivity contribution < 1.29 is 23.9 Å². The number of carbonyl (C=O) groups is 3. The van der Waals surface area contributed by atoms with Gasteiger partial charge < -0.3 is 9.47 Å². The molecule has 6 nitrogen and oxygen atoms in total. The van der Waals surface area contributed by atoms with Crippen LogP contribution in [0.3, 0.4) is 0 Å². The molecular formula is C13H21NO5. The van der Waals surface area contributed by atoms with E-state index in [1.165, 1.54) is 12.0 Å². The minimum absolute atomic E-state index is 0.0416. The van der Waals surface area contributed by atoms with Crippen molar-refractivity contribution in [1.29, 1.82) is 0 Å². The van der Waals surface area contributed by atoms with E-state index in [-0.39, 0.29) is 31.6 Å². The fourth-order valence-corrected chi connectivity index (χ4v) is 1.90. The van der Waals surface area contributed by atoms with Gasteiger partial charge in [0.15, 0.2) is 0 Å². The van der Waals surface area contributed by atoms with Crippen LogP contribution in [0.1, 0.15) is 40.0 Å². The van der Waals surface area contributed by atoms with E-state index in [4.69, 9.17) is 9.47 Å². The molecule has 0 aromatic carbocycles. The summed E-state index contributed by atoms with van der Waals surface area (Å²) in [4.78, 5) is 36.6. The minimum atomic E-state index is -0.744. The van der Waals surface area contributed by atoms with Crippen LogP contribution in [0.2, 0.25) is 0 Å². The van der Waals surface area contributed by atoms with Crippen molar-refractivity contribution in [2.24, 2.45) is 0 Å².